The molecule has 3 aliphatic heterocycles. The Balaban J connectivity index is 2.18. The Hall–Kier alpha value is -1.54. The molecule has 2 unspecified atom stereocenters. The average molecular weight is 551 g/mol. The number of likely N-dealkylation sites (tertiary alicyclic amines) is 1. The molecule has 3 rings (SSSR count). The molecule has 0 aromatic heterocycles. The van der Waals surface area contributed by atoms with E-state index < -0.39 is 39.0 Å². The van der Waals surface area contributed by atoms with Crippen LogP contribution in [0.3, 0.4) is 0 Å². The van der Waals surface area contributed by atoms with Crippen LogP contribution in [0, 0.1) is 23.2 Å². The topological polar surface area (TPSA) is 87.2 Å². The van der Waals surface area contributed by atoms with E-state index in [1.807, 2.05) is 11.8 Å². The molecule has 1 N–H and O–H groups in total. The molecule has 0 radical (unpaired) electrons. The molecule has 0 aromatic rings. The molecule has 3 fully saturated rings. The zero-order valence-corrected chi connectivity index (χ0v) is 25.8. The molecule has 7 nitrogen and oxygen atoms in total. The van der Waals surface area contributed by atoms with Gasteiger partial charge in [0.05, 0.1) is 35.8 Å². The summed E-state index contributed by atoms with van der Waals surface area (Å²) in [6.45, 7) is 22.9. The van der Waals surface area contributed by atoms with E-state index in [0.717, 1.165) is 12.8 Å². The van der Waals surface area contributed by atoms with Crippen molar-refractivity contribution in [2.75, 3.05) is 19.8 Å². The van der Waals surface area contributed by atoms with Crippen molar-refractivity contribution in [1.29, 1.82) is 0 Å². The summed E-state index contributed by atoms with van der Waals surface area (Å²) in [5.41, 5.74) is -0.519. The van der Waals surface area contributed by atoms with E-state index in [2.05, 4.69) is 55.0 Å². The number of carbonyl (C=O) groups excluding carboxylic acids is 3. The summed E-state index contributed by atoms with van der Waals surface area (Å²) >= 11 is 1.65. The maximum absolute atomic E-state index is 14.8. The predicted octanol–water partition coefficient (Wildman–Crippen LogP) is 4.67. The van der Waals surface area contributed by atoms with Crippen LogP contribution in [0.25, 0.3) is 0 Å². The average Bonchev–Trinajstić information content (AvgIpc) is 3.34. The van der Waals surface area contributed by atoms with Gasteiger partial charge in [0.2, 0.25) is 11.8 Å². The maximum atomic E-state index is 14.8. The van der Waals surface area contributed by atoms with Gasteiger partial charge in [-0.1, -0.05) is 40.7 Å². The number of fused-ring (bicyclic) bond motifs is 1. The normalized spacial score (nSPS) is 31.5. The summed E-state index contributed by atoms with van der Waals surface area (Å²) in [7, 11) is 0. The summed E-state index contributed by atoms with van der Waals surface area (Å²) in [6, 6.07) is -1.26. The van der Waals surface area contributed by atoms with Gasteiger partial charge in [-0.25, -0.2) is 0 Å². The number of hydrogen-bond donors (Lipinski definition) is 1. The predicted molar refractivity (Wildman–Crippen MR) is 153 cm³/mol. The molecule has 2 amide bonds. The lowest BCUT2D eigenvalue weighted by atomic mass is 9.66. The quantitative estimate of drug-likeness (QED) is 0.297. The molecule has 3 saturated heterocycles. The van der Waals surface area contributed by atoms with Gasteiger partial charge in [-0.2, -0.15) is 0 Å². The third-order valence-corrected chi connectivity index (χ3v) is 10.6. The monoisotopic (exact) mass is 550 g/mol. The first kappa shape index (κ1) is 31.0. The summed E-state index contributed by atoms with van der Waals surface area (Å²) < 4.78 is 4.30. The highest BCUT2D eigenvalue weighted by molar-refractivity contribution is 8.02. The highest BCUT2D eigenvalue weighted by Crippen LogP contribution is 2.72. The van der Waals surface area contributed by atoms with Crippen LogP contribution in [0.2, 0.25) is 0 Å². The fraction of sp³-hybridized carbons (Fsp3) is 0.833. The van der Waals surface area contributed by atoms with Gasteiger partial charge in [0, 0.05) is 16.8 Å². The summed E-state index contributed by atoms with van der Waals surface area (Å²) in [5, 5.41) is 10.5. The van der Waals surface area contributed by atoms with E-state index in [4.69, 9.17) is 4.74 Å². The highest BCUT2D eigenvalue weighted by atomic mass is 32.2. The van der Waals surface area contributed by atoms with Gasteiger partial charge in [-0.05, 0) is 64.7 Å². The largest absolute Gasteiger partial charge is 0.466 e. The molecule has 1 spiro atoms. The lowest BCUT2D eigenvalue weighted by Crippen LogP contribution is -2.61. The van der Waals surface area contributed by atoms with E-state index >= 15 is 0 Å². The van der Waals surface area contributed by atoms with Gasteiger partial charge >= 0.3 is 5.97 Å². The molecule has 38 heavy (non-hydrogen) atoms. The molecule has 0 aromatic carbocycles. The van der Waals surface area contributed by atoms with Gasteiger partial charge in [-0.3, -0.25) is 14.4 Å². The third-order valence-electron chi connectivity index (χ3n) is 8.61. The Kier molecular flexibility index (Phi) is 8.80. The smallest absolute Gasteiger partial charge is 0.311 e. The number of amides is 2. The zero-order chi connectivity index (χ0) is 28.8. The minimum atomic E-state index is -0.763. The van der Waals surface area contributed by atoms with Crippen LogP contribution < -0.4 is 0 Å². The number of esters is 1. The first-order valence-corrected chi connectivity index (χ1v) is 15.0. The SMILES string of the molecule is C=CCN(C(=O)C1N([C@@H](CO)CC(C)C)C(=O)[C@@H]2[C@@H](C(=O)OCC)[C@@]3(C)CCC12S3)C(C)(C)CC(C)(C)C. The Morgan fingerprint density at radius 2 is 1.89 bits per heavy atom. The van der Waals surface area contributed by atoms with Crippen molar-refractivity contribution < 1.29 is 24.2 Å². The van der Waals surface area contributed by atoms with E-state index in [-0.39, 0.29) is 42.3 Å². The zero-order valence-electron chi connectivity index (χ0n) is 25.0. The van der Waals surface area contributed by atoms with Crippen molar-refractivity contribution in [2.24, 2.45) is 23.2 Å². The number of thioether (sulfide) groups is 1. The first-order chi connectivity index (χ1) is 17.5. The van der Waals surface area contributed by atoms with Crippen molar-refractivity contribution in [1.82, 2.24) is 9.80 Å². The fourth-order valence-corrected chi connectivity index (χ4v) is 10.1. The Bertz CT molecular complexity index is 943. The van der Waals surface area contributed by atoms with Crippen LogP contribution in [-0.4, -0.2) is 79.6 Å². The van der Waals surface area contributed by atoms with Crippen molar-refractivity contribution in [3.63, 3.8) is 0 Å². The molecular formula is C30H50N2O5S. The van der Waals surface area contributed by atoms with Gasteiger partial charge in [0.15, 0.2) is 0 Å². The second-order valence-electron chi connectivity index (χ2n) is 14.0. The van der Waals surface area contributed by atoms with Gasteiger partial charge < -0.3 is 19.6 Å². The van der Waals surface area contributed by atoms with Gasteiger partial charge in [0.1, 0.15) is 6.04 Å². The van der Waals surface area contributed by atoms with Crippen LogP contribution in [0.1, 0.15) is 88.0 Å². The molecule has 3 heterocycles. The number of carbonyl (C=O) groups is 3. The number of aliphatic hydroxyl groups is 1. The van der Waals surface area contributed by atoms with Gasteiger partial charge in [-0.15, -0.1) is 18.3 Å². The van der Waals surface area contributed by atoms with Crippen LogP contribution >= 0.6 is 11.8 Å². The summed E-state index contributed by atoms with van der Waals surface area (Å²) in [4.78, 5) is 46.1. The number of hydrogen-bond acceptors (Lipinski definition) is 6. The minimum Gasteiger partial charge on any atom is -0.466 e. The molecule has 0 saturated carbocycles. The second-order valence-corrected chi connectivity index (χ2v) is 15.9. The Labute approximate surface area is 234 Å². The number of aliphatic hydroxyl groups excluding tert-OH is 1. The molecule has 2 bridgehead atoms. The Morgan fingerprint density at radius 3 is 2.39 bits per heavy atom. The minimum absolute atomic E-state index is 0.0243. The van der Waals surface area contributed by atoms with Gasteiger partial charge in [0.25, 0.3) is 0 Å². The summed E-state index contributed by atoms with van der Waals surface area (Å²) in [5.74, 6) is -1.68. The van der Waals surface area contributed by atoms with Crippen LogP contribution in [0.5, 0.6) is 0 Å². The fourth-order valence-electron chi connectivity index (χ4n) is 7.75. The lowest BCUT2D eigenvalue weighted by molar-refractivity contribution is -0.155. The molecular weight excluding hydrogens is 500 g/mol. The lowest BCUT2D eigenvalue weighted by Gasteiger charge is -2.46. The van der Waals surface area contributed by atoms with Crippen LogP contribution in [0.4, 0.5) is 0 Å². The molecule has 0 aliphatic carbocycles. The molecule has 216 valence electrons. The number of ether oxygens (including phenoxy) is 1. The number of rotatable bonds is 11. The molecule has 3 aliphatic rings. The van der Waals surface area contributed by atoms with E-state index in [0.29, 0.717) is 19.4 Å². The van der Waals surface area contributed by atoms with Crippen LogP contribution in [0.15, 0.2) is 12.7 Å². The van der Waals surface area contributed by atoms with Crippen molar-refractivity contribution in [3.8, 4) is 0 Å². The third kappa shape index (κ3) is 5.28. The molecule has 6 atom stereocenters. The number of nitrogens with zero attached hydrogens (tertiary/aromatic N) is 2. The van der Waals surface area contributed by atoms with Crippen LogP contribution in [-0.2, 0) is 19.1 Å². The second kappa shape index (κ2) is 10.8. The van der Waals surface area contributed by atoms with Crippen molar-refractivity contribution >= 4 is 29.5 Å². The molecule has 8 heteroatoms. The van der Waals surface area contributed by atoms with Crippen molar-refractivity contribution in [2.45, 2.75) is 115 Å². The Morgan fingerprint density at radius 1 is 1.26 bits per heavy atom. The van der Waals surface area contributed by atoms with E-state index in [9.17, 15) is 19.5 Å². The summed E-state index contributed by atoms with van der Waals surface area (Å²) in [6.07, 6.45) is 4.51. The maximum Gasteiger partial charge on any atom is 0.311 e. The first-order valence-electron chi connectivity index (χ1n) is 14.2. The van der Waals surface area contributed by atoms with E-state index in [1.54, 1.807) is 29.7 Å². The highest BCUT2D eigenvalue weighted by Gasteiger charge is 2.78. The van der Waals surface area contributed by atoms with E-state index in [1.165, 1.54) is 0 Å². The standard InChI is InChI=1S/C30H50N2O5S/c1-11-15-31(28(8,9)18-27(5,6)7)25(35)23-30-14-13-29(10,38-30)22(26(36)37-12-2)21(30)24(34)32(23)20(17-33)16-19(3)4/h11,19-23,33H,1,12-18H2,2-10H3/t20-,21+,22+,23?,29-,30?/m1/s1. The van der Waals surface area contributed by atoms with Crippen molar-refractivity contribution in [3.05, 3.63) is 12.7 Å².